The predicted octanol–water partition coefficient (Wildman–Crippen LogP) is 2.51. The number of benzene rings is 1. The van der Waals surface area contributed by atoms with Gasteiger partial charge in [0.25, 0.3) is 0 Å². The molecule has 0 unspecified atom stereocenters. The Bertz CT molecular complexity index is 484. The lowest BCUT2D eigenvalue weighted by molar-refractivity contribution is 0.622. The highest BCUT2D eigenvalue weighted by atomic mass is 79.9. The van der Waals surface area contributed by atoms with E-state index in [1.165, 1.54) is 6.07 Å². The molecule has 0 spiro atoms. The molecule has 0 aliphatic heterocycles. The second kappa shape index (κ2) is 4.52. The van der Waals surface area contributed by atoms with E-state index in [-0.39, 0.29) is 5.82 Å². The minimum Gasteiger partial charge on any atom is -0.397 e. The van der Waals surface area contributed by atoms with Gasteiger partial charge in [-0.2, -0.15) is 0 Å². The maximum absolute atomic E-state index is 13.1. The number of aromatic nitrogens is 2. The lowest BCUT2D eigenvalue weighted by atomic mass is 10.2. The summed E-state index contributed by atoms with van der Waals surface area (Å²) < 4.78 is 13.5. The van der Waals surface area contributed by atoms with Gasteiger partial charge in [0.1, 0.15) is 5.82 Å². The van der Waals surface area contributed by atoms with Crippen molar-refractivity contribution >= 4 is 27.3 Å². The smallest absolute Gasteiger partial charge is 0.139 e. The lowest BCUT2D eigenvalue weighted by Gasteiger charge is -2.09. The molecule has 4 nitrogen and oxygen atoms in total. The van der Waals surface area contributed by atoms with E-state index >= 15 is 0 Å². The number of aromatic amines is 1. The molecule has 0 fully saturated rings. The molecule has 0 saturated carbocycles. The fourth-order valence-corrected chi connectivity index (χ4v) is 1.63. The first-order valence-corrected chi connectivity index (χ1v) is 5.42. The van der Waals surface area contributed by atoms with Crippen LogP contribution in [0.4, 0.5) is 15.8 Å². The van der Waals surface area contributed by atoms with Gasteiger partial charge in [0.05, 0.1) is 34.4 Å². The third-order valence-corrected chi connectivity index (χ3v) is 2.72. The Morgan fingerprint density at radius 3 is 3.00 bits per heavy atom. The van der Waals surface area contributed by atoms with Crippen LogP contribution in [0.15, 0.2) is 29.1 Å². The molecule has 0 aliphatic carbocycles. The van der Waals surface area contributed by atoms with Gasteiger partial charge in [0.2, 0.25) is 0 Å². The Hall–Kier alpha value is -1.56. The van der Waals surface area contributed by atoms with Crippen molar-refractivity contribution in [2.45, 2.75) is 6.54 Å². The summed E-state index contributed by atoms with van der Waals surface area (Å²) in [7, 11) is 0. The maximum atomic E-state index is 13.1. The van der Waals surface area contributed by atoms with Gasteiger partial charge in [0.15, 0.2) is 0 Å². The van der Waals surface area contributed by atoms with Crippen molar-refractivity contribution < 1.29 is 4.39 Å². The number of halogens is 2. The number of rotatable bonds is 3. The summed E-state index contributed by atoms with van der Waals surface area (Å²) in [5.74, 6) is -0.371. The fraction of sp³-hybridized carbons (Fsp3) is 0.100. The quantitative estimate of drug-likeness (QED) is 0.759. The summed E-state index contributed by atoms with van der Waals surface area (Å²) >= 11 is 3.11. The van der Waals surface area contributed by atoms with E-state index in [2.05, 4.69) is 31.2 Å². The molecule has 0 radical (unpaired) electrons. The number of hydrogen-bond donors (Lipinski definition) is 3. The highest BCUT2D eigenvalue weighted by molar-refractivity contribution is 9.10. The van der Waals surface area contributed by atoms with E-state index in [1.54, 1.807) is 18.6 Å². The van der Waals surface area contributed by atoms with Crippen LogP contribution in [-0.4, -0.2) is 9.97 Å². The summed E-state index contributed by atoms with van der Waals surface area (Å²) in [6.45, 7) is 0.558. The molecule has 0 atom stereocenters. The van der Waals surface area contributed by atoms with Crippen molar-refractivity contribution in [1.82, 2.24) is 9.97 Å². The highest BCUT2D eigenvalue weighted by Gasteiger charge is 2.05. The molecule has 0 aliphatic rings. The van der Waals surface area contributed by atoms with E-state index in [1.807, 2.05) is 0 Å². The summed E-state index contributed by atoms with van der Waals surface area (Å²) in [4.78, 5) is 6.85. The number of nitrogen functional groups attached to an aromatic ring is 1. The van der Waals surface area contributed by atoms with Crippen LogP contribution in [0.2, 0.25) is 0 Å². The van der Waals surface area contributed by atoms with Crippen LogP contribution in [0.25, 0.3) is 0 Å². The van der Waals surface area contributed by atoms with Gasteiger partial charge in [-0.15, -0.1) is 0 Å². The monoisotopic (exact) mass is 284 g/mol. The molecule has 1 heterocycles. The molecule has 4 N–H and O–H groups in total. The normalized spacial score (nSPS) is 10.4. The Morgan fingerprint density at radius 1 is 1.50 bits per heavy atom. The van der Waals surface area contributed by atoms with E-state index in [4.69, 9.17) is 5.73 Å². The van der Waals surface area contributed by atoms with Gasteiger partial charge in [-0.3, -0.25) is 0 Å². The number of nitrogens with one attached hydrogen (secondary N) is 2. The highest BCUT2D eigenvalue weighted by Crippen LogP contribution is 2.26. The first-order chi connectivity index (χ1) is 7.66. The lowest BCUT2D eigenvalue weighted by Crippen LogP contribution is -2.03. The van der Waals surface area contributed by atoms with Gasteiger partial charge < -0.3 is 16.0 Å². The van der Waals surface area contributed by atoms with Gasteiger partial charge in [-0.25, -0.2) is 9.37 Å². The molecule has 2 rings (SSSR count). The van der Waals surface area contributed by atoms with Gasteiger partial charge in [0, 0.05) is 12.3 Å². The molecule has 6 heteroatoms. The largest absolute Gasteiger partial charge is 0.397 e. The van der Waals surface area contributed by atoms with E-state index in [0.29, 0.717) is 22.4 Å². The number of nitrogens with zero attached hydrogens (tertiary/aromatic N) is 1. The standard InChI is InChI=1S/C10H10BrFN4/c11-7-1-10(9(13)2-8(7)12)15-4-6-3-14-5-16-6/h1-3,5,15H,4,13H2,(H,14,16). The van der Waals surface area contributed by atoms with Crippen molar-refractivity contribution in [1.29, 1.82) is 0 Å². The third-order valence-electron chi connectivity index (χ3n) is 2.12. The third kappa shape index (κ3) is 2.33. The minimum atomic E-state index is -0.371. The molecule has 2 aromatic rings. The van der Waals surface area contributed by atoms with Gasteiger partial charge in [-0.1, -0.05) is 0 Å². The summed E-state index contributed by atoms with van der Waals surface area (Å²) in [5, 5.41) is 3.09. The van der Waals surface area contributed by atoms with E-state index in [9.17, 15) is 4.39 Å². The van der Waals surface area contributed by atoms with Crippen LogP contribution in [0, 0.1) is 5.82 Å². The maximum Gasteiger partial charge on any atom is 0.139 e. The Labute approximate surface area is 100 Å². The summed E-state index contributed by atoms with van der Waals surface area (Å²) in [5.41, 5.74) is 7.67. The van der Waals surface area contributed by atoms with Crippen LogP contribution in [0.5, 0.6) is 0 Å². The van der Waals surface area contributed by atoms with Gasteiger partial charge >= 0.3 is 0 Å². The number of nitrogens with two attached hydrogens (primary N) is 1. The molecule has 84 valence electrons. The molecular formula is C10H10BrFN4. The first kappa shape index (κ1) is 10.9. The van der Waals surface area contributed by atoms with Crippen LogP contribution < -0.4 is 11.1 Å². The molecule has 0 amide bonds. The average molecular weight is 285 g/mol. The number of hydrogen-bond acceptors (Lipinski definition) is 3. The van der Waals surface area contributed by atoms with Crippen molar-refractivity contribution in [2.24, 2.45) is 0 Å². The van der Waals surface area contributed by atoms with Crippen molar-refractivity contribution in [3.63, 3.8) is 0 Å². The number of H-pyrrole nitrogens is 1. The SMILES string of the molecule is Nc1cc(F)c(Br)cc1NCc1cnc[nH]1. The average Bonchev–Trinajstić information content (AvgIpc) is 2.74. The van der Waals surface area contributed by atoms with Crippen LogP contribution in [0.1, 0.15) is 5.69 Å². The fourth-order valence-electron chi connectivity index (χ4n) is 1.29. The zero-order chi connectivity index (χ0) is 11.5. The van der Waals surface area contributed by atoms with Gasteiger partial charge in [-0.05, 0) is 22.0 Å². The second-order valence-corrected chi connectivity index (χ2v) is 4.14. The summed E-state index contributed by atoms with van der Waals surface area (Å²) in [6, 6.07) is 2.89. The molecule has 16 heavy (non-hydrogen) atoms. The van der Waals surface area contributed by atoms with Crippen molar-refractivity contribution in [3.05, 3.63) is 40.6 Å². The minimum absolute atomic E-state index is 0.371. The van der Waals surface area contributed by atoms with Crippen LogP contribution in [-0.2, 0) is 6.54 Å². The van der Waals surface area contributed by atoms with Crippen LogP contribution in [0.3, 0.4) is 0 Å². The molecule has 1 aromatic carbocycles. The van der Waals surface area contributed by atoms with E-state index < -0.39 is 0 Å². The molecule has 1 aromatic heterocycles. The van der Waals surface area contributed by atoms with E-state index in [0.717, 1.165) is 5.69 Å². The zero-order valence-corrected chi connectivity index (χ0v) is 9.88. The number of anilines is 2. The van der Waals surface area contributed by atoms with Crippen molar-refractivity contribution in [2.75, 3.05) is 11.1 Å². The summed E-state index contributed by atoms with van der Waals surface area (Å²) in [6.07, 6.45) is 3.31. The zero-order valence-electron chi connectivity index (χ0n) is 8.30. The predicted molar refractivity (Wildman–Crippen MR) is 64.4 cm³/mol. The molecule has 0 saturated heterocycles. The van der Waals surface area contributed by atoms with Crippen LogP contribution >= 0.6 is 15.9 Å². The topological polar surface area (TPSA) is 66.7 Å². The molecular weight excluding hydrogens is 275 g/mol. The Kier molecular flexibility index (Phi) is 3.09. The second-order valence-electron chi connectivity index (χ2n) is 3.28. The Morgan fingerprint density at radius 2 is 2.31 bits per heavy atom. The van der Waals surface area contributed by atoms with Crippen molar-refractivity contribution in [3.8, 4) is 0 Å². The Balaban J connectivity index is 2.12. The number of imidazole rings is 1. The molecule has 0 bridgehead atoms. The first-order valence-electron chi connectivity index (χ1n) is 4.62.